The van der Waals surface area contributed by atoms with E-state index in [1.165, 1.54) is 0 Å². The van der Waals surface area contributed by atoms with E-state index in [0.29, 0.717) is 18.1 Å². The second-order valence-corrected chi connectivity index (χ2v) is 6.28. The number of methoxy groups -OCH3 is 1. The number of hydrogen-bond donors (Lipinski definition) is 1. The Morgan fingerprint density at radius 3 is 2.77 bits per heavy atom. The van der Waals surface area contributed by atoms with Crippen LogP contribution in [0.1, 0.15) is 38.7 Å². The Morgan fingerprint density at radius 2 is 2.18 bits per heavy atom. The van der Waals surface area contributed by atoms with Crippen LogP contribution in [0, 0.1) is 0 Å². The van der Waals surface area contributed by atoms with E-state index in [-0.39, 0.29) is 12.5 Å². The fourth-order valence-corrected chi connectivity index (χ4v) is 2.65. The zero-order valence-corrected chi connectivity index (χ0v) is 13.4. The third kappa shape index (κ3) is 4.13. The van der Waals surface area contributed by atoms with E-state index in [0.717, 1.165) is 25.0 Å². The fourth-order valence-electron chi connectivity index (χ4n) is 2.65. The summed E-state index contributed by atoms with van der Waals surface area (Å²) in [5.41, 5.74) is 0.449. The normalized spacial score (nSPS) is 18.8. The van der Waals surface area contributed by atoms with Gasteiger partial charge in [-0.2, -0.15) is 0 Å². The van der Waals surface area contributed by atoms with Gasteiger partial charge in [0.2, 0.25) is 0 Å². The number of rotatable bonds is 6. The summed E-state index contributed by atoms with van der Waals surface area (Å²) in [6.07, 6.45) is 2.07. The molecule has 22 heavy (non-hydrogen) atoms. The van der Waals surface area contributed by atoms with Crippen molar-refractivity contribution in [2.45, 2.75) is 44.6 Å². The Kier molecular flexibility index (Phi) is 5.29. The van der Waals surface area contributed by atoms with E-state index in [4.69, 9.17) is 19.3 Å². The van der Waals surface area contributed by atoms with Crippen LogP contribution in [0.3, 0.4) is 0 Å². The highest BCUT2D eigenvalue weighted by molar-refractivity contribution is 5.69. The first-order valence-electron chi connectivity index (χ1n) is 7.57. The van der Waals surface area contributed by atoms with Crippen molar-refractivity contribution >= 4 is 5.97 Å². The Bertz CT molecular complexity index is 518. The minimum Gasteiger partial charge on any atom is -0.493 e. The number of carboxylic acid groups (broad SMARTS) is 1. The van der Waals surface area contributed by atoms with Gasteiger partial charge in [-0.25, -0.2) is 0 Å². The van der Waals surface area contributed by atoms with Crippen molar-refractivity contribution in [1.82, 2.24) is 0 Å². The van der Waals surface area contributed by atoms with E-state index >= 15 is 0 Å². The van der Waals surface area contributed by atoms with Crippen molar-refractivity contribution in [3.63, 3.8) is 0 Å². The average Bonchev–Trinajstić information content (AvgIpc) is 2.47. The van der Waals surface area contributed by atoms with Gasteiger partial charge in [-0.05, 0) is 30.5 Å². The number of ether oxygens (including phenoxy) is 3. The van der Waals surface area contributed by atoms with Crippen LogP contribution < -0.4 is 9.47 Å². The van der Waals surface area contributed by atoms with Gasteiger partial charge in [0, 0.05) is 12.0 Å². The zero-order valence-electron chi connectivity index (χ0n) is 13.4. The fraction of sp³-hybridized carbons (Fsp3) is 0.588. The Balaban J connectivity index is 2.18. The van der Waals surface area contributed by atoms with Crippen LogP contribution in [0.2, 0.25) is 0 Å². The van der Waals surface area contributed by atoms with Gasteiger partial charge in [0.05, 0.1) is 20.1 Å². The largest absolute Gasteiger partial charge is 0.493 e. The number of carboxylic acids is 1. The zero-order chi connectivity index (χ0) is 16.2. The van der Waals surface area contributed by atoms with E-state index in [1.807, 2.05) is 32.0 Å². The molecule has 1 fully saturated rings. The molecule has 1 heterocycles. The highest BCUT2D eigenvalue weighted by Gasteiger charge is 2.26. The molecule has 0 aromatic heterocycles. The van der Waals surface area contributed by atoms with Crippen molar-refractivity contribution in [1.29, 1.82) is 0 Å². The summed E-state index contributed by atoms with van der Waals surface area (Å²) in [5.74, 6) is 0.484. The van der Waals surface area contributed by atoms with Gasteiger partial charge in [0.15, 0.2) is 11.5 Å². The summed E-state index contributed by atoms with van der Waals surface area (Å²) in [6.45, 7) is 5.20. The second kappa shape index (κ2) is 7.01. The van der Waals surface area contributed by atoms with Gasteiger partial charge in [-0.3, -0.25) is 4.79 Å². The maximum atomic E-state index is 11.0. The molecule has 1 aromatic rings. The molecule has 1 unspecified atom stereocenters. The summed E-state index contributed by atoms with van der Waals surface area (Å²) in [6, 6.07) is 5.62. The molecule has 0 spiro atoms. The Labute approximate surface area is 131 Å². The van der Waals surface area contributed by atoms with E-state index in [1.54, 1.807) is 7.11 Å². The van der Waals surface area contributed by atoms with Gasteiger partial charge in [0.25, 0.3) is 0 Å². The Morgan fingerprint density at radius 1 is 1.41 bits per heavy atom. The second-order valence-electron chi connectivity index (χ2n) is 6.28. The summed E-state index contributed by atoms with van der Waals surface area (Å²) < 4.78 is 16.8. The first kappa shape index (κ1) is 16.6. The van der Waals surface area contributed by atoms with Crippen LogP contribution in [-0.2, 0) is 14.9 Å². The van der Waals surface area contributed by atoms with E-state index < -0.39 is 11.4 Å². The molecule has 5 heteroatoms. The van der Waals surface area contributed by atoms with Crippen molar-refractivity contribution in [2.24, 2.45) is 0 Å². The molecule has 0 radical (unpaired) electrons. The number of benzene rings is 1. The van der Waals surface area contributed by atoms with Crippen molar-refractivity contribution in [2.75, 3.05) is 20.3 Å². The molecule has 1 atom stereocenters. The lowest BCUT2D eigenvalue weighted by Crippen LogP contribution is -2.28. The molecule has 2 rings (SSSR count). The highest BCUT2D eigenvalue weighted by Crippen LogP contribution is 2.36. The molecule has 5 nitrogen and oxygen atoms in total. The minimum absolute atomic E-state index is 0.0422. The Hall–Kier alpha value is -1.75. The van der Waals surface area contributed by atoms with E-state index in [2.05, 4.69) is 0 Å². The SMILES string of the molecule is COc1cc(C(C)(C)CC(=O)O)ccc1OC1CCCOC1. The van der Waals surface area contributed by atoms with Crippen LogP contribution >= 0.6 is 0 Å². The smallest absolute Gasteiger partial charge is 0.304 e. The molecular weight excluding hydrogens is 284 g/mol. The standard InChI is InChI=1S/C17H24O5/c1-17(2,10-16(18)19)12-6-7-14(15(9-12)20-3)22-13-5-4-8-21-11-13/h6-7,9,13H,4-5,8,10-11H2,1-3H3,(H,18,19). The van der Waals surface area contributed by atoms with Gasteiger partial charge in [-0.1, -0.05) is 19.9 Å². The minimum atomic E-state index is -0.816. The summed E-state index contributed by atoms with van der Waals surface area (Å²) >= 11 is 0. The molecule has 0 bridgehead atoms. The van der Waals surface area contributed by atoms with Crippen LogP contribution in [0.5, 0.6) is 11.5 Å². The lowest BCUT2D eigenvalue weighted by atomic mass is 9.81. The predicted molar refractivity (Wildman–Crippen MR) is 82.7 cm³/mol. The number of hydrogen-bond acceptors (Lipinski definition) is 4. The molecule has 1 saturated heterocycles. The lowest BCUT2D eigenvalue weighted by molar-refractivity contribution is -0.138. The lowest BCUT2D eigenvalue weighted by Gasteiger charge is -2.26. The topological polar surface area (TPSA) is 65.0 Å². The van der Waals surface area contributed by atoms with Gasteiger partial charge >= 0.3 is 5.97 Å². The first-order chi connectivity index (χ1) is 10.4. The van der Waals surface area contributed by atoms with Gasteiger partial charge < -0.3 is 19.3 Å². The number of carbonyl (C=O) groups is 1. The third-order valence-electron chi connectivity index (χ3n) is 3.95. The third-order valence-corrected chi connectivity index (χ3v) is 3.95. The molecule has 1 aliphatic rings. The molecule has 1 N–H and O–H groups in total. The van der Waals surface area contributed by atoms with Crippen LogP contribution in [-0.4, -0.2) is 37.5 Å². The highest BCUT2D eigenvalue weighted by atomic mass is 16.5. The maximum Gasteiger partial charge on any atom is 0.304 e. The monoisotopic (exact) mass is 308 g/mol. The molecular formula is C17H24O5. The molecule has 0 saturated carbocycles. The average molecular weight is 308 g/mol. The maximum absolute atomic E-state index is 11.0. The van der Waals surface area contributed by atoms with Crippen LogP contribution in [0.15, 0.2) is 18.2 Å². The predicted octanol–water partition coefficient (Wildman–Crippen LogP) is 3.01. The van der Waals surface area contributed by atoms with Gasteiger partial charge in [-0.15, -0.1) is 0 Å². The first-order valence-corrected chi connectivity index (χ1v) is 7.57. The van der Waals surface area contributed by atoms with Crippen molar-refractivity contribution in [3.05, 3.63) is 23.8 Å². The van der Waals surface area contributed by atoms with Crippen molar-refractivity contribution < 1.29 is 24.1 Å². The summed E-state index contributed by atoms with van der Waals surface area (Å²) in [5, 5.41) is 9.04. The quantitative estimate of drug-likeness (QED) is 0.875. The van der Waals surface area contributed by atoms with Gasteiger partial charge in [0.1, 0.15) is 6.10 Å². The summed E-state index contributed by atoms with van der Waals surface area (Å²) in [4.78, 5) is 11.0. The molecule has 122 valence electrons. The van der Waals surface area contributed by atoms with Crippen LogP contribution in [0.25, 0.3) is 0 Å². The van der Waals surface area contributed by atoms with Crippen LogP contribution in [0.4, 0.5) is 0 Å². The number of aliphatic carboxylic acids is 1. The van der Waals surface area contributed by atoms with E-state index in [9.17, 15) is 4.79 Å². The molecule has 0 aliphatic carbocycles. The van der Waals surface area contributed by atoms with Crippen molar-refractivity contribution in [3.8, 4) is 11.5 Å². The molecule has 0 amide bonds. The molecule has 1 aromatic carbocycles. The molecule has 1 aliphatic heterocycles. The summed E-state index contributed by atoms with van der Waals surface area (Å²) in [7, 11) is 1.59.